The minimum atomic E-state index is -0.677. The monoisotopic (exact) mass is 359 g/mol. The standard InChI is InChI=1S/C13H20N3O3.Y/c1-15-6-3-5-11(15)13(19)14-8-12(18)16-7-2-4-10(16)9-17;/h10-11H,2-8H2,1H3,(H,14,19);/q-1;/t10-,11+;/m1./s1/i2T,3T;/t2?,3-,10+,11-;/m0.. The van der Waals surface area contributed by atoms with Gasteiger partial charge in [0.15, 0.2) is 0 Å². The molecule has 0 aromatic heterocycles. The molecule has 7 heteroatoms. The van der Waals surface area contributed by atoms with Crippen LogP contribution in [0.25, 0.3) is 0 Å². The maximum Gasteiger partial charge on any atom is 0.239 e. The Bertz CT molecular complexity index is 441. The number of hydrogen-bond acceptors (Lipinski definition) is 4. The van der Waals surface area contributed by atoms with E-state index >= 15 is 0 Å². The van der Waals surface area contributed by atoms with Crippen LogP contribution >= 0.6 is 0 Å². The van der Waals surface area contributed by atoms with Crippen LogP contribution in [0.2, 0.25) is 0 Å². The van der Waals surface area contributed by atoms with E-state index in [4.69, 9.17) is 2.74 Å². The van der Waals surface area contributed by atoms with Crippen LogP contribution in [0.15, 0.2) is 0 Å². The van der Waals surface area contributed by atoms with Gasteiger partial charge in [-0.15, -0.1) is 0 Å². The van der Waals surface area contributed by atoms with Crippen LogP contribution in [0.3, 0.4) is 0 Å². The van der Waals surface area contributed by atoms with E-state index in [9.17, 15) is 14.4 Å². The summed E-state index contributed by atoms with van der Waals surface area (Å²) in [6.07, 6.45) is 1.78. The van der Waals surface area contributed by atoms with Gasteiger partial charge in [-0.3, -0.25) is 14.5 Å². The van der Waals surface area contributed by atoms with Crippen LogP contribution in [0.5, 0.6) is 0 Å². The Kier molecular flexibility index (Phi) is 5.99. The van der Waals surface area contributed by atoms with E-state index in [2.05, 4.69) is 5.32 Å². The number of amides is 2. The summed E-state index contributed by atoms with van der Waals surface area (Å²) in [5.41, 5.74) is 0. The fourth-order valence-corrected chi connectivity index (χ4v) is 2.45. The van der Waals surface area contributed by atoms with Crippen LogP contribution in [0, 0.1) is 0 Å². The van der Waals surface area contributed by atoms with Crippen molar-refractivity contribution in [3.63, 3.8) is 0 Å². The average molecular weight is 359 g/mol. The van der Waals surface area contributed by atoms with Crippen LogP contribution in [-0.2, 0) is 47.1 Å². The van der Waals surface area contributed by atoms with Gasteiger partial charge < -0.3 is 15.0 Å². The molecule has 0 aliphatic carbocycles. The van der Waals surface area contributed by atoms with Crippen molar-refractivity contribution in [2.24, 2.45) is 0 Å². The second-order valence-electron chi connectivity index (χ2n) is 4.90. The predicted octanol–water partition coefficient (Wildman–Crippen LogP) is -0.705. The quantitative estimate of drug-likeness (QED) is 0.674. The van der Waals surface area contributed by atoms with Crippen molar-refractivity contribution in [2.75, 3.05) is 26.7 Å². The van der Waals surface area contributed by atoms with E-state index in [-0.39, 0.29) is 70.1 Å². The van der Waals surface area contributed by atoms with Crippen molar-refractivity contribution in [2.45, 2.75) is 37.7 Å². The summed E-state index contributed by atoms with van der Waals surface area (Å²) in [6, 6.07) is -1.06. The molecule has 2 heterocycles. The first kappa shape index (κ1) is 14.6. The van der Waals surface area contributed by atoms with Gasteiger partial charge in [-0.05, 0) is 32.8 Å². The zero-order valence-corrected chi connectivity index (χ0v) is 14.4. The molecular formula is C13H20N3O3Y-. The van der Waals surface area contributed by atoms with Crippen molar-refractivity contribution >= 4 is 18.1 Å². The Labute approximate surface area is 147 Å². The Morgan fingerprint density at radius 1 is 1.35 bits per heavy atom. The molecule has 4 atom stereocenters. The fourth-order valence-electron chi connectivity index (χ4n) is 2.45. The number of carbonyl (C=O) groups excluding carboxylic acids is 3. The molecule has 0 aromatic carbocycles. The van der Waals surface area contributed by atoms with E-state index in [0.29, 0.717) is 19.4 Å². The summed E-state index contributed by atoms with van der Waals surface area (Å²) in [4.78, 5) is 37.9. The predicted molar refractivity (Wildman–Crippen MR) is 69.1 cm³/mol. The van der Waals surface area contributed by atoms with E-state index in [1.54, 1.807) is 18.2 Å². The van der Waals surface area contributed by atoms with E-state index < -0.39 is 12.4 Å². The second-order valence-corrected chi connectivity index (χ2v) is 4.90. The molecule has 1 unspecified atom stereocenters. The van der Waals surface area contributed by atoms with Crippen molar-refractivity contribution < 1.29 is 49.8 Å². The number of likely N-dealkylation sites (N-methyl/N-ethyl adjacent to an activating group) is 1. The largest absolute Gasteiger partial charge is 0.540 e. The molecule has 0 bridgehead atoms. The van der Waals surface area contributed by atoms with Crippen LogP contribution in [0.4, 0.5) is 0 Å². The number of likely N-dealkylation sites (tertiary alicyclic amines) is 2. The Balaban J connectivity index is 0.00000242. The van der Waals surface area contributed by atoms with Crippen LogP contribution < -0.4 is 5.32 Å². The number of nitrogens with one attached hydrogen (secondary N) is 1. The van der Waals surface area contributed by atoms with Crippen molar-refractivity contribution in [3.05, 3.63) is 0 Å². The average Bonchev–Trinajstić information content (AvgIpc) is 2.97. The maximum absolute atomic E-state index is 12.0. The molecule has 1 radical (unpaired) electrons. The summed E-state index contributed by atoms with van der Waals surface area (Å²) in [5, 5.41) is 2.57. The van der Waals surface area contributed by atoms with E-state index in [1.807, 2.05) is 0 Å². The van der Waals surface area contributed by atoms with Gasteiger partial charge in [0.1, 0.15) is 0 Å². The number of carbonyl (C=O) groups is 2. The Hall–Kier alpha value is -0.326. The third kappa shape index (κ3) is 4.09. The third-order valence-corrected chi connectivity index (χ3v) is 3.60. The van der Waals surface area contributed by atoms with E-state index in [1.165, 1.54) is 4.90 Å². The zero-order chi connectivity index (χ0) is 15.6. The van der Waals surface area contributed by atoms with Gasteiger partial charge in [0, 0.05) is 42.0 Å². The summed E-state index contributed by atoms with van der Waals surface area (Å²) in [6.45, 7) is 0.560. The second kappa shape index (κ2) is 8.20. The van der Waals surface area contributed by atoms with Crippen molar-refractivity contribution in [3.8, 4) is 0 Å². The molecule has 2 aliphatic heterocycles. The van der Waals surface area contributed by atoms with Gasteiger partial charge in [0.05, 0.1) is 12.6 Å². The summed E-state index contributed by atoms with van der Waals surface area (Å²) < 4.78 is 15.3. The molecule has 6 nitrogen and oxygen atoms in total. The minimum absolute atomic E-state index is 0. The first-order valence-corrected chi connectivity index (χ1v) is 6.42. The van der Waals surface area contributed by atoms with Gasteiger partial charge in [0.2, 0.25) is 11.8 Å². The summed E-state index contributed by atoms with van der Waals surface area (Å²) in [7, 11) is 1.78. The number of hydrogen-bond donors (Lipinski definition) is 1. The summed E-state index contributed by atoms with van der Waals surface area (Å²) >= 11 is 0. The maximum atomic E-state index is 12.0. The third-order valence-electron chi connectivity index (χ3n) is 3.60. The summed E-state index contributed by atoms with van der Waals surface area (Å²) in [5.74, 6) is -0.636. The molecule has 2 fully saturated rings. The topological polar surface area (TPSA) is 69.7 Å². The van der Waals surface area contributed by atoms with Crippen molar-refractivity contribution in [1.29, 1.82) is 0 Å². The van der Waals surface area contributed by atoms with Crippen molar-refractivity contribution in [1.82, 2.24) is 15.1 Å². The van der Waals surface area contributed by atoms with Crippen LogP contribution in [-0.4, -0.2) is 66.7 Å². The van der Waals surface area contributed by atoms with Gasteiger partial charge in [-0.1, -0.05) is 12.5 Å². The number of nitrogens with zero attached hydrogens (tertiary/aromatic N) is 2. The first-order chi connectivity index (χ1) is 9.92. The molecule has 2 aliphatic rings. The van der Waals surface area contributed by atoms with Crippen LogP contribution in [0.1, 0.15) is 28.4 Å². The first-order valence-electron chi connectivity index (χ1n) is 7.57. The molecule has 0 aromatic rings. The Morgan fingerprint density at radius 3 is 2.65 bits per heavy atom. The number of rotatable bonds is 4. The molecule has 1 N–H and O–H groups in total. The molecule has 109 valence electrons. The molecule has 20 heavy (non-hydrogen) atoms. The normalized spacial score (nSPS) is 35.0. The zero-order valence-electron chi connectivity index (χ0n) is 13.5. The van der Waals surface area contributed by atoms with E-state index in [0.717, 1.165) is 0 Å². The minimum Gasteiger partial charge on any atom is -0.540 e. The van der Waals surface area contributed by atoms with Gasteiger partial charge in [0.25, 0.3) is 0 Å². The SMILES string of the molecule is [3H]C1C[C@H]([C-]=O)N(C(=O)CNC(=O)[C@@H]2C[C@H]([3H])CN2C)C1.[Y]. The Morgan fingerprint density at radius 2 is 2.05 bits per heavy atom. The molecule has 2 rings (SSSR count). The molecule has 2 amide bonds. The smallest absolute Gasteiger partial charge is 0.239 e. The molecular weight excluding hydrogens is 335 g/mol. The van der Waals surface area contributed by atoms with Gasteiger partial charge >= 0.3 is 0 Å². The van der Waals surface area contributed by atoms with Gasteiger partial charge in [-0.2, -0.15) is 0 Å². The molecule has 0 spiro atoms. The molecule has 2 saturated heterocycles. The van der Waals surface area contributed by atoms with Gasteiger partial charge in [-0.25, -0.2) is 6.29 Å². The fraction of sp³-hybridized carbons (Fsp3) is 0.769. The molecule has 0 saturated carbocycles.